The molecule has 2 aromatic carbocycles. The van der Waals surface area contributed by atoms with E-state index in [4.69, 9.17) is 15.2 Å². The number of carbonyl (C=O) groups is 1. The molecule has 0 amide bonds. The molecule has 4 aromatic rings. The van der Waals surface area contributed by atoms with Crippen LogP contribution in [0.25, 0.3) is 16.6 Å². The van der Waals surface area contributed by atoms with Crippen LogP contribution in [0, 0.1) is 0 Å². The van der Waals surface area contributed by atoms with E-state index in [1.54, 1.807) is 11.6 Å². The van der Waals surface area contributed by atoms with Crippen LogP contribution in [0.1, 0.15) is 35.3 Å². The van der Waals surface area contributed by atoms with E-state index in [-0.39, 0.29) is 5.78 Å². The molecule has 0 saturated carbocycles. The zero-order valence-electron chi connectivity index (χ0n) is 20.5. The Morgan fingerprint density at radius 2 is 2.00 bits per heavy atom. The van der Waals surface area contributed by atoms with Crippen molar-refractivity contribution in [2.45, 2.75) is 31.9 Å². The van der Waals surface area contributed by atoms with Crippen LogP contribution in [0.2, 0.25) is 0 Å². The van der Waals surface area contributed by atoms with E-state index in [1.165, 1.54) is 6.33 Å². The highest BCUT2D eigenvalue weighted by atomic mass is 16.5. The number of anilines is 1. The second-order valence-corrected chi connectivity index (χ2v) is 9.11. The van der Waals surface area contributed by atoms with E-state index in [1.807, 2.05) is 60.7 Å². The van der Waals surface area contributed by atoms with E-state index in [2.05, 4.69) is 15.0 Å². The van der Waals surface area contributed by atoms with Gasteiger partial charge in [-0.2, -0.15) is 5.10 Å². The Balaban J connectivity index is 1.39. The molecule has 1 aliphatic rings. The normalized spacial score (nSPS) is 16.0. The molecule has 0 spiro atoms. The number of Topliss-reactive ketones (excluding diaryl/α,β-unsaturated/α-hetero) is 1. The molecular weight excluding hydrogens is 454 g/mol. The first-order chi connectivity index (χ1) is 17.6. The summed E-state index contributed by atoms with van der Waals surface area (Å²) < 4.78 is 13.0. The molecule has 186 valence electrons. The van der Waals surface area contributed by atoms with Crippen LogP contribution >= 0.6 is 0 Å². The van der Waals surface area contributed by atoms with Gasteiger partial charge in [0.25, 0.3) is 0 Å². The van der Waals surface area contributed by atoms with Crippen molar-refractivity contribution in [1.29, 1.82) is 0 Å². The number of hydrogen-bond acceptors (Lipinski definition) is 7. The van der Waals surface area contributed by atoms with Crippen LogP contribution in [0.5, 0.6) is 5.75 Å². The lowest BCUT2D eigenvalue weighted by Gasteiger charge is -2.23. The molecule has 3 heterocycles. The predicted molar refractivity (Wildman–Crippen MR) is 139 cm³/mol. The van der Waals surface area contributed by atoms with Crippen molar-refractivity contribution in [3.8, 4) is 16.9 Å². The lowest BCUT2D eigenvalue weighted by molar-refractivity contribution is 0.0910. The highest BCUT2D eigenvalue weighted by Crippen LogP contribution is 2.33. The number of ether oxygens (including phenoxy) is 2. The molecule has 0 unspecified atom stereocenters. The molecule has 1 aliphatic heterocycles. The third-order valence-corrected chi connectivity index (χ3v) is 6.75. The van der Waals surface area contributed by atoms with Gasteiger partial charge >= 0.3 is 0 Å². The number of rotatable bonds is 10. The monoisotopic (exact) mass is 485 g/mol. The van der Waals surface area contributed by atoms with E-state index in [0.29, 0.717) is 49.2 Å². The van der Waals surface area contributed by atoms with Gasteiger partial charge in [0.05, 0.1) is 6.61 Å². The summed E-state index contributed by atoms with van der Waals surface area (Å²) in [6.45, 7) is 2.85. The Hall–Kier alpha value is -3.75. The number of benzene rings is 2. The topological polar surface area (TPSA) is 95.0 Å². The van der Waals surface area contributed by atoms with Gasteiger partial charge in [-0.15, -0.1) is 0 Å². The van der Waals surface area contributed by atoms with Gasteiger partial charge in [0, 0.05) is 31.7 Å². The summed E-state index contributed by atoms with van der Waals surface area (Å²) in [6.07, 6.45) is 4.02. The Bertz CT molecular complexity index is 1340. The van der Waals surface area contributed by atoms with Crippen molar-refractivity contribution >= 4 is 17.1 Å². The number of carbonyl (C=O) groups excluding carboxylic acids is 1. The summed E-state index contributed by atoms with van der Waals surface area (Å²) in [5.74, 6) is 1.08. The minimum atomic E-state index is 0.0221. The molecule has 0 bridgehead atoms. The van der Waals surface area contributed by atoms with Gasteiger partial charge in [0.2, 0.25) is 0 Å². The number of hydrogen-bond donors (Lipinski definition) is 1. The molecule has 1 fully saturated rings. The molecule has 5 rings (SSSR count). The third-order valence-electron chi connectivity index (χ3n) is 6.75. The fourth-order valence-corrected chi connectivity index (χ4v) is 4.92. The Morgan fingerprint density at radius 3 is 2.83 bits per heavy atom. The van der Waals surface area contributed by atoms with Crippen molar-refractivity contribution < 1.29 is 14.3 Å². The summed E-state index contributed by atoms with van der Waals surface area (Å²) >= 11 is 0. The standard InChI is InChI=1S/C28H31N5O3/c1-35-18-22-10-6-13-32(22)14-12-26(34)25-16-24(27-28(29)30-19-31-33(25)27)21-9-5-11-23(15-21)36-17-20-7-3-2-4-8-20/h2-5,7-9,11,15-16,19,22H,6,10,12-14,17-18H2,1H3,(H2,29,30,31)/t22-/m1/s1. The second kappa shape index (κ2) is 10.9. The van der Waals surface area contributed by atoms with Crippen LogP contribution in [-0.4, -0.2) is 58.1 Å². The molecule has 1 atom stereocenters. The highest BCUT2D eigenvalue weighted by Gasteiger charge is 2.26. The largest absolute Gasteiger partial charge is 0.489 e. The lowest BCUT2D eigenvalue weighted by atomic mass is 10.1. The number of methoxy groups -OCH3 is 1. The molecule has 8 nitrogen and oxygen atoms in total. The summed E-state index contributed by atoms with van der Waals surface area (Å²) in [7, 11) is 1.72. The average molecular weight is 486 g/mol. The predicted octanol–water partition coefficient (Wildman–Crippen LogP) is 4.24. The van der Waals surface area contributed by atoms with Gasteiger partial charge in [0.15, 0.2) is 11.6 Å². The molecule has 2 N–H and O–H groups in total. The molecule has 2 aromatic heterocycles. The Labute approximate surface area is 210 Å². The smallest absolute Gasteiger partial charge is 0.182 e. The summed E-state index contributed by atoms with van der Waals surface area (Å²) in [5.41, 5.74) is 10.2. The quantitative estimate of drug-likeness (QED) is 0.336. The summed E-state index contributed by atoms with van der Waals surface area (Å²) in [4.78, 5) is 19.9. The fraction of sp³-hybridized carbons (Fsp3) is 0.321. The van der Waals surface area contributed by atoms with Crippen molar-refractivity contribution in [2.24, 2.45) is 0 Å². The Morgan fingerprint density at radius 1 is 1.14 bits per heavy atom. The molecule has 0 aliphatic carbocycles. The van der Waals surface area contributed by atoms with Crippen LogP contribution in [0.3, 0.4) is 0 Å². The first kappa shape index (κ1) is 24.0. The summed E-state index contributed by atoms with van der Waals surface area (Å²) in [5, 5.41) is 4.37. The van der Waals surface area contributed by atoms with Gasteiger partial charge in [-0.25, -0.2) is 9.50 Å². The average Bonchev–Trinajstić information content (AvgIpc) is 3.52. The zero-order chi connectivity index (χ0) is 24.9. The lowest BCUT2D eigenvalue weighted by Crippen LogP contribution is -2.34. The third kappa shape index (κ3) is 5.10. The molecular formula is C28H31N5O3. The maximum Gasteiger partial charge on any atom is 0.182 e. The molecule has 8 heteroatoms. The van der Waals surface area contributed by atoms with Crippen LogP contribution in [0.4, 0.5) is 5.82 Å². The molecule has 36 heavy (non-hydrogen) atoms. The fourth-order valence-electron chi connectivity index (χ4n) is 4.92. The minimum Gasteiger partial charge on any atom is -0.489 e. The number of nitrogen functional groups attached to an aromatic ring is 1. The number of likely N-dealkylation sites (tertiary alicyclic amines) is 1. The maximum atomic E-state index is 13.4. The molecule has 0 radical (unpaired) electrons. The first-order valence-corrected chi connectivity index (χ1v) is 12.3. The number of ketones is 1. The minimum absolute atomic E-state index is 0.0221. The molecule has 1 saturated heterocycles. The van der Waals surface area contributed by atoms with E-state index in [0.717, 1.165) is 41.8 Å². The van der Waals surface area contributed by atoms with E-state index in [9.17, 15) is 4.79 Å². The number of nitrogens with two attached hydrogens (primary N) is 1. The van der Waals surface area contributed by atoms with Gasteiger partial charge in [-0.05, 0) is 48.7 Å². The van der Waals surface area contributed by atoms with Crippen LogP contribution in [-0.2, 0) is 11.3 Å². The van der Waals surface area contributed by atoms with Crippen molar-refractivity contribution in [3.63, 3.8) is 0 Å². The first-order valence-electron chi connectivity index (χ1n) is 12.3. The number of aromatic nitrogens is 3. The SMILES string of the molecule is COC[C@H]1CCCN1CCC(=O)c1cc(-c2cccc(OCc3ccccc3)c2)c2c(N)ncnn12. The highest BCUT2D eigenvalue weighted by molar-refractivity contribution is 6.01. The van der Waals surface area contributed by atoms with Crippen molar-refractivity contribution in [3.05, 3.63) is 78.2 Å². The number of fused-ring (bicyclic) bond motifs is 1. The van der Waals surface area contributed by atoms with Gasteiger partial charge in [-0.1, -0.05) is 42.5 Å². The summed E-state index contributed by atoms with van der Waals surface area (Å²) in [6, 6.07) is 20.1. The van der Waals surface area contributed by atoms with Crippen LogP contribution in [0.15, 0.2) is 67.0 Å². The maximum absolute atomic E-state index is 13.4. The van der Waals surface area contributed by atoms with E-state index >= 15 is 0 Å². The number of nitrogens with zero attached hydrogens (tertiary/aromatic N) is 4. The van der Waals surface area contributed by atoms with Gasteiger partial charge in [0.1, 0.15) is 29.9 Å². The van der Waals surface area contributed by atoms with Gasteiger partial charge < -0.3 is 15.2 Å². The Kier molecular flexibility index (Phi) is 7.25. The van der Waals surface area contributed by atoms with Crippen molar-refractivity contribution in [2.75, 3.05) is 32.5 Å². The van der Waals surface area contributed by atoms with Gasteiger partial charge in [-0.3, -0.25) is 9.69 Å². The zero-order valence-corrected chi connectivity index (χ0v) is 20.5. The van der Waals surface area contributed by atoms with E-state index < -0.39 is 0 Å². The van der Waals surface area contributed by atoms with Crippen LogP contribution < -0.4 is 10.5 Å². The van der Waals surface area contributed by atoms with Crippen molar-refractivity contribution in [1.82, 2.24) is 19.5 Å². The second-order valence-electron chi connectivity index (χ2n) is 9.11.